The van der Waals surface area contributed by atoms with Crippen molar-refractivity contribution in [2.24, 2.45) is 0 Å². The fourth-order valence-electron chi connectivity index (χ4n) is 1.85. The van der Waals surface area contributed by atoms with Gasteiger partial charge in [0.25, 0.3) is 5.91 Å². The van der Waals surface area contributed by atoms with E-state index in [-0.39, 0.29) is 12.5 Å². The van der Waals surface area contributed by atoms with Crippen LogP contribution in [0.5, 0.6) is 0 Å². The molecule has 2 rings (SSSR count). The van der Waals surface area contributed by atoms with Crippen LogP contribution in [0.25, 0.3) is 0 Å². The van der Waals surface area contributed by atoms with Crippen LogP contribution in [-0.2, 0) is 0 Å². The Kier molecular flexibility index (Phi) is 4.18. The summed E-state index contributed by atoms with van der Waals surface area (Å²) in [7, 11) is 0. The van der Waals surface area contributed by atoms with Crippen LogP contribution in [0.2, 0.25) is 0 Å². The highest BCUT2D eigenvalue weighted by Gasteiger charge is 2.22. The van der Waals surface area contributed by atoms with Gasteiger partial charge in [-0.25, -0.2) is 0 Å². The van der Waals surface area contributed by atoms with Gasteiger partial charge in [0.1, 0.15) is 4.88 Å². The number of aliphatic hydroxyl groups excluding tert-OH is 1. The van der Waals surface area contributed by atoms with Crippen molar-refractivity contribution >= 4 is 17.2 Å². The quantitative estimate of drug-likeness (QED) is 0.811. The molecule has 1 aliphatic heterocycles. The zero-order valence-corrected chi connectivity index (χ0v) is 10.4. The third-order valence-electron chi connectivity index (χ3n) is 2.71. The van der Waals surface area contributed by atoms with Crippen LogP contribution < -0.4 is 0 Å². The summed E-state index contributed by atoms with van der Waals surface area (Å²) in [5.74, 6) is 5.91. The minimum absolute atomic E-state index is 0.0620. The van der Waals surface area contributed by atoms with Crippen molar-refractivity contribution < 1.29 is 9.90 Å². The maximum absolute atomic E-state index is 12.2. The molecule has 0 aromatic carbocycles. The van der Waals surface area contributed by atoms with Gasteiger partial charge in [0.15, 0.2) is 0 Å². The average Bonchev–Trinajstić information content (AvgIpc) is 3.00. The summed E-state index contributed by atoms with van der Waals surface area (Å²) in [6.45, 7) is 1.78. The second-order valence-corrected chi connectivity index (χ2v) is 4.85. The lowest BCUT2D eigenvalue weighted by Crippen LogP contribution is -2.27. The molecule has 0 saturated carbocycles. The molecule has 1 fully saturated rings. The number of carbonyl (C=O) groups excluding carboxylic acids is 1. The van der Waals surface area contributed by atoms with Crippen LogP contribution in [0.1, 0.15) is 34.5 Å². The molecule has 1 N–H and O–H groups in total. The average molecular weight is 249 g/mol. The lowest BCUT2D eigenvalue weighted by Gasteiger charge is -2.13. The van der Waals surface area contributed by atoms with E-state index in [0.717, 1.165) is 36.4 Å². The van der Waals surface area contributed by atoms with Crippen LogP contribution in [0.15, 0.2) is 11.4 Å². The molecule has 0 unspecified atom stereocenters. The van der Waals surface area contributed by atoms with Gasteiger partial charge in [-0.05, 0) is 24.3 Å². The Balaban J connectivity index is 2.13. The monoisotopic (exact) mass is 249 g/mol. The standard InChI is InChI=1S/C13H15NO2S/c15-9-4-1-5-11-6-10-17-12(11)13(16)14-7-2-3-8-14/h6,10,15H,2-4,7-9H2. The topological polar surface area (TPSA) is 40.5 Å². The zero-order valence-electron chi connectivity index (χ0n) is 9.61. The molecule has 0 spiro atoms. The van der Waals surface area contributed by atoms with Crippen LogP contribution in [0.3, 0.4) is 0 Å². The maximum Gasteiger partial charge on any atom is 0.265 e. The largest absolute Gasteiger partial charge is 0.395 e. The van der Waals surface area contributed by atoms with E-state index in [4.69, 9.17) is 5.11 Å². The molecule has 3 nitrogen and oxygen atoms in total. The van der Waals surface area contributed by atoms with E-state index < -0.39 is 0 Å². The van der Waals surface area contributed by atoms with Gasteiger partial charge >= 0.3 is 0 Å². The van der Waals surface area contributed by atoms with Gasteiger partial charge in [0, 0.05) is 25.1 Å². The fraction of sp³-hybridized carbons (Fsp3) is 0.462. The molecule has 4 heteroatoms. The highest BCUT2D eigenvalue weighted by atomic mass is 32.1. The van der Waals surface area contributed by atoms with Crippen LogP contribution >= 0.6 is 11.3 Å². The van der Waals surface area contributed by atoms with E-state index in [1.165, 1.54) is 11.3 Å². The summed E-state index contributed by atoms with van der Waals surface area (Å²) in [6, 6.07) is 1.87. The van der Waals surface area contributed by atoms with E-state index in [1.807, 2.05) is 16.3 Å². The van der Waals surface area contributed by atoms with Crippen LogP contribution in [-0.4, -0.2) is 35.6 Å². The van der Waals surface area contributed by atoms with Crippen molar-refractivity contribution in [1.82, 2.24) is 4.90 Å². The van der Waals surface area contributed by atoms with Crippen molar-refractivity contribution in [2.75, 3.05) is 19.7 Å². The van der Waals surface area contributed by atoms with Gasteiger partial charge in [-0.1, -0.05) is 11.8 Å². The Morgan fingerprint density at radius 1 is 1.47 bits per heavy atom. The normalized spacial score (nSPS) is 14.5. The van der Waals surface area contributed by atoms with Crippen molar-refractivity contribution in [3.63, 3.8) is 0 Å². The zero-order chi connectivity index (χ0) is 12.1. The van der Waals surface area contributed by atoms with Crippen molar-refractivity contribution in [2.45, 2.75) is 19.3 Å². The number of hydrogen-bond acceptors (Lipinski definition) is 3. The van der Waals surface area contributed by atoms with E-state index in [1.54, 1.807) is 0 Å². The first kappa shape index (κ1) is 12.2. The summed E-state index contributed by atoms with van der Waals surface area (Å²) in [6.07, 6.45) is 2.65. The Labute approximate surface area is 105 Å². The third kappa shape index (κ3) is 2.87. The molecular formula is C13H15NO2S. The highest BCUT2D eigenvalue weighted by molar-refractivity contribution is 7.12. The first-order chi connectivity index (χ1) is 8.33. The molecular weight excluding hydrogens is 234 g/mol. The van der Waals surface area contributed by atoms with E-state index in [2.05, 4.69) is 11.8 Å². The third-order valence-corrected chi connectivity index (χ3v) is 3.62. The van der Waals surface area contributed by atoms with Crippen LogP contribution in [0, 0.1) is 11.8 Å². The van der Waals surface area contributed by atoms with Crippen molar-refractivity contribution in [3.8, 4) is 11.8 Å². The predicted octanol–water partition coefficient (Wildman–Crippen LogP) is 1.72. The first-order valence-electron chi connectivity index (χ1n) is 5.79. The smallest absolute Gasteiger partial charge is 0.265 e. The van der Waals surface area contributed by atoms with Gasteiger partial charge in [-0.2, -0.15) is 0 Å². The number of nitrogens with zero attached hydrogens (tertiary/aromatic N) is 1. The second-order valence-electron chi connectivity index (χ2n) is 3.94. The van der Waals surface area contributed by atoms with Gasteiger partial charge in [-0.3, -0.25) is 4.79 Å². The molecule has 17 heavy (non-hydrogen) atoms. The highest BCUT2D eigenvalue weighted by Crippen LogP contribution is 2.20. The number of hydrogen-bond donors (Lipinski definition) is 1. The molecule has 90 valence electrons. The molecule has 1 aromatic heterocycles. The first-order valence-corrected chi connectivity index (χ1v) is 6.67. The molecule has 0 radical (unpaired) electrons. The number of amides is 1. The van der Waals surface area contributed by atoms with Gasteiger partial charge in [-0.15, -0.1) is 11.3 Å². The maximum atomic E-state index is 12.2. The van der Waals surface area contributed by atoms with Gasteiger partial charge in [0.05, 0.1) is 6.61 Å². The number of carbonyl (C=O) groups is 1. The van der Waals surface area contributed by atoms with E-state index in [0.29, 0.717) is 6.42 Å². The molecule has 0 atom stereocenters. The molecule has 0 aliphatic carbocycles. The van der Waals surface area contributed by atoms with E-state index >= 15 is 0 Å². The minimum Gasteiger partial charge on any atom is -0.395 e. The fourth-order valence-corrected chi connectivity index (χ4v) is 2.67. The minimum atomic E-state index is 0.0620. The van der Waals surface area contributed by atoms with Crippen molar-refractivity contribution in [3.05, 3.63) is 21.9 Å². The van der Waals surface area contributed by atoms with Gasteiger partial charge in [0.2, 0.25) is 0 Å². The lowest BCUT2D eigenvalue weighted by atomic mass is 10.2. The van der Waals surface area contributed by atoms with Gasteiger partial charge < -0.3 is 10.0 Å². The Morgan fingerprint density at radius 3 is 2.94 bits per heavy atom. The molecule has 1 saturated heterocycles. The molecule has 1 amide bonds. The summed E-state index contributed by atoms with van der Waals surface area (Å²) in [4.78, 5) is 14.8. The molecule has 1 aromatic rings. The number of aliphatic hydroxyl groups is 1. The predicted molar refractivity (Wildman–Crippen MR) is 68.0 cm³/mol. The number of thiophene rings is 1. The summed E-state index contributed by atoms with van der Waals surface area (Å²) in [5, 5.41) is 10.6. The summed E-state index contributed by atoms with van der Waals surface area (Å²) in [5.41, 5.74) is 0.792. The SMILES string of the molecule is O=C(c1sccc1C#CCCO)N1CCCC1. The molecule has 0 bridgehead atoms. The van der Waals surface area contributed by atoms with Crippen molar-refractivity contribution in [1.29, 1.82) is 0 Å². The Bertz CT molecular complexity index is 449. The Morgan fingerprint density at radius 2 is 2.24 bits per heavy atom. The summed E-state index contributed by atoms with van der Waals surface area (Å²) >= 11 is 1.45. The lowest BCUT2D eigenvalue weighted by molar-refractivity contribution is 0.0797. The van der Waals surface area contributed by atoms with E-state index in [9.17, 15) is 4.79 Å². The number of likely N-dealkylation sites (tertiary alicyclic amines) is 1. The summed E-state index contributed by atoms with van der Waals surface area (Å²) < 4.78 is 0. The van der Waals surface area contributed by atoms with Crippen LogP contribution in [0.4, 0.5) is 0 Å². The Hall–Kier alpha value is -1.31. The second kappa shape index (κ2) is 5.85. The molecule has 1 aliphatic rings. The molecule has 2 heterocycles. The number of rotatable bonds is 2.